The van der Waals surface area contributed by atoms with E-state index in [1.54, 1.807) is 18.2 Å². The van der Waals surface area contributed by atoms with E-state index in [0.717, 1.165) is 16.5 Å². The summed E-state index contributed by atoms with van der Waals surface area (Å²) in [6.45, 7) is 1.85. The molecule has 0 unspecified atom stereocenters. The van der Waals surface area contributed by atoms with E-state index in [2.05, 4.69) is 4.98 Å². The predicted molar refractivity (Wildman–Crippen MR) is 105 cm³/mol. The Morgan fingerprint density at radius 3 is 2.50 bits per heavy atom. The molecule has 0 aliphatic heterocycles. The van der Waals surface area contributed by atoms with Crippen LogP contribution in [0.15, 0.2) is 60.7 Å². The molecule has 0 radical (unpaired) electrons. The molecule has 4 aromatic rings. The Hall–Kier alpha value is -2.62. The van der Waals surface area contributed by atoms with E-state index in [-0.39, 0.29) is 10.8 Å². The minimum Gasteiger partial charge on any atom is -0.419 e. The monoisotopic (exact) mass is 381 g/mol. The minimum atomic E-state index is -0.496. The van der Waals surface area contributed by atoms with Gasteiger partial charge in [0, 0.05) is 11.1 Å². The van der Waals surface area contributed by atoms with Crippen molar-refractivity contribution in [1.29, 1.82) is 0 Å². The first-order chi connectivity index (χ1) is 12.5. The number of esters is 1. The first-order valence-electron chi connectivity index (χ1n) is 7.99. The van der Waals surface area contributed by atoms with Gasteiger partial charge in [-0.2, -0.15) is 0 Å². The summed E-state index contributed by atoms with van der Waals surface area (Å²) in [7, 11) is 0. The van der Waals surface area contributed by atoms with E-state index in [0.29, 0.717) is 21.5 Å². The maximum atomic E-state index is 12.7. The van der Waals surface area contributed by atoms with E-state index in [9.17, 15) is 4.79 Å². The van der Waals surface area contributed by atoms with Gasteiger partial charge in [-0.1, -0.05) is 53.5 Å². The van der Waals surface area contributed by atoms with Crippen LogP contribution in [0.3, 0.4) is 0 Å². The smallest absolute Gasteiger partial charge is 0.343 e. The normalized spacial score (nSPS) is 11.0. The van der Waals surface area contributed by atoms with Crippen LogP contribution in [0.25, 0.3) is 21.7 Å². The van der Waals surface area contributed by atoms with Gasteiger partial charge in [-0.05, 0) is 48.0 Å². The average molecular weight is 382 g/mol. The van der Waals surface area contributed by atoms with Crippen LogP contribution in [-0.4, -0.2) is 11.0 Å². The zero-order valence-electron chi connectivity index (χ0n) is 13.8. The molecule has 3 aromatic carbocycles. The van der Waals surface area contributed by atoms with Crippen molar-refractivity contribution in [3.8, 4) is 5.75 Å². The van der Waals surface area contributed by atoms with Crippen molar-refractivity contribution in [3.05, 3.63) is 82.0 Å². The molecule has 0 N–H and O–H groups in total. The van der Waals surface area contributed by atoms with Gasteiger partial charge < -0.3 is 4.74 Å². The van der Waals surface area contributed by atoms with Crippen molar-refractivity contribution in [1.82, 2.24) is 4.98 Å². The Morgan fingerprint density at radius 2 is 1.69 bits per heavy atom. The highest BCUT2D eigenvalue weighted by atomic mass is 35.5. The number of pyridine rings is 1. The molecule has 1 aromatic heterocycles. The lowest BCUT2D eigenvalue weighted by Gasteiger charge is -2.11. The topological polar surface area (TPSA) is 39.2 Å². The lowest BCUT2D eigenvalue weighted by molar-refractivity contribution is 0.0737. The molecule has 5 heteroatoms. The number of aromatic nitrogens is 1. The number of carbonyl (C=O) groups is 1. The summed E-state index contributed by atoms with van der Waals surface area (Å²) < 4.78 is 5.61. The maximum absolute atomic E-state index is 12.7. The third-order valence-corrected chi connectivity index (χ3v) is 4.75. The van der Waals surface area contributed by atoms with Crippen LogP contribution in [0.1, 0.15) is 16.1 Å². The molecule has 1 heterocycles. The molecule has 0 spiro atoms. The Labute approximate surface area is 160 Å². The summed E-state index contributed by atoms with van der Waals surface area (Å²) in [5.41, 5.74) is 1.69. The molecule has 0 amide bonds. The van der Waals surface area contributed by atoms with Crippen LogP contribution in [0.4, 0.5) is 0 Å². The summed E-state index contributed by atoms with van der Waals surface area (Å²) in [5, 5.41) is 3.40. The van der Waals surface area contributed by atoms with Crippen LogP contribution in [-0.2, 0) is 0 Å². The minimum absolute atomic E-state index is 0.216. The highest BCUT2D eigenvalue weighted by molar-refractivity contribution is 6.39. The third kappa shape index (κ3) is 3.00. The van der Waals surface area contributed by atoms with Gasteiger partial charge in [-0.25, -0.2) is 9.78 Å². The molecule has 0 saturated heterocycles. The zero-order valence-corrected chi connectivity index (χ0v) is 15.3. The molecular formula is C21H13Cl2NO2. The van der Waals surface area contributed by atoms with Crippen molar-refractivity contribution < 1.29 is 9.53 Å². The van der Waals surface area contributed by atoms with E-state index >= 15 is 0 Å². The first kappa shape index (κ1) is 16.8. The first-order valence-corrected chi connectivity index (χ1v) is 8.75. The average Bonchev–Trinajstić information content (AvgIpc) is 2.64. The molecular weight excluding hydrogens is 369 g/mol. The fraction of sp³-hybridized carbons (Fsp3) is 0.0476. The Kier molecular flexibility index (Phi) is 4.27. The van der Waals surface area contributed by atoms with E-state index < -0.39 is 5.97 Å². The van der Waals surface area contributed by atoms with Gasteiger partial charge in [0.1, 0.15) is 5.52 Å². The van der Waals surface area contributed by atoms with E-state index in [1.165, 1.54) is 0 Å². The second-order valence-corrected chi connectivity index (χ2v) is 6.78. The van der Waals surface area contributed by atoms with Gasteiger partial charge in [-0.3, -0.25) is 0 Å². The maximum Gasteiger partial charge on any atom is 0.343 e. The van der Waals surface area contributed by atoms with Crippen LogP contribution in [0.2, 0.25) is 10.0 Å². The van der Waals surface area contributed by atoms with Crippen molar-refractivity contribution in [2.24, 2.45) is 0 Å². The van der Waals surface area contributed by atoms with Crippen molar-refractivity contribution >= 4 is 50.8 Å². The standard InChI is InChI=1S/C21H13Cl2NO2/c1-12-6-9-16-17(22)11-18(23)20(19(16)24-12)26-21(25)15-8-7-13-4-2-3-5-14(13)10-15/h2-11H,1H3. The number of halogens is 2. The fourth-order valence-electron chi connectivity index (χ4n) is 2.86. The second-order valence-electron chi connectivity index (χ2n) is 5.97. The van der Waals surface area contributed by atoms with Gasteiger partial charge in [-0.15, -0.1) is 0 Å². The molecule has 0 fully saturated rings. The number of nitrogens with zero attached hydrogens (tertiary/aromatic N) is 1. The van der Waals surface area contributed by atoms with Crippen LogP contribution in [0, 0.1) is 6.92 Å². The van der Waals surface area contributed by atoms with Crippen molar-refractivity contribution in [2.75, 3.05) is 0 Å². The number of aryl methyl sites for hydroxylation is 1. The number of benzene rings is 3. The second kappa shape index (κ2) is 6.60. The van der Waals surface area contributed by atoms with Crippen LogP contribution >= 0.6 is 23.2 Å². The van der Waals surface area contributed by atoms with E-state index in [4.69, 9.17) is 27.9 Å². The summed E-state index contributed by atoms with van der Waals surface area (Å²) in [5.74, 6) is -0.280. The number of hydrogen-bond acceptors (Lipinski definition) is 3. The van der Waals surface area contributed by atoms with E-state index in [1.807, 2.05) is 49.4 Å². The number of rotatable bonds is 2. The lowest BCUT2D eigenvalue weighted by Crippen LogP contribution is -2.09. The summed E-state index contributed by atoms with van der Waals surface area (Å²) in [6.07, 6.45) is 0. The molecule has 128 valence electrons. The Balaban J connectivity index is 1.78. The molecule has 0 bridgehead atoms. The van der Waals surface area contributed by atoms with Crippen LogP contribution in [0.5, 0.6) is 5.75 Å². The molecule has 26 heavy (non-hydrogen) atoms. The molecule has 0 saturated carbocycles. The van der Waals surface area contributed by atoms with Gasteiger partial charge >= 0.3 is 5.97 Å². The van der Waals surface area contributed by atoms with Gasteiger partial charge in [0.05, 0.1) is 15.6 Å². The van der Waals surface area contributed by atoms with Crippen molar-refractivity contribution in [3.63, 3.8) is 0 Å². The molecule has 4 rings (SSSR count). The van der Waals surface area contributed by atoms with Gasteiger partial charge in [0.25, 0.3) is 0 Å². The molecule has 0 atom stereocenters. The zero-order chi connectivity index (χ0) is 18.3. The largest absolute Gasteiger partial charge is 0.419 e. The quantitative estimate of drug-likeness (QED) is 0.305. The highest BCUT2D eigenvalue weighted by Crippen LogP contribution is 2.37. The number of hydrogen-bond donors (Lipinski definition) is 0. The third-order valence-electron chi connectivity index (χ3n) is 4.16. The van der Waals surface area contributed by atoms with Gasteiger partial charge in [0.2, 0.25) is 0 Å². The number of ether oxygens (including phenoxy) is 1. The fourth-order valence-corrected chi connectivity index (χ4v) is 3.41. The van der Waals surface area contributed by atoms with Crippen LogP contribution < -0.4 is 4.74 Å². The SMILES string of the molecule is Cc1ccc2c(Cl)cc(Cl)c(OC(=O)c3ccc4ccccc4c3)c2n1. The lowest BCUT2D eigenvalue weighted by atomic mass is 10.1. The summed E-state index contributed by atoms with van der Waals surface area (Å²) in [6, 6.07) is 18.5. The number of fused-ring (bicyclic) bond motifs is 2. The Bertz CT molecular complexity index is 1170. The number of carbonyl (C=O) groups excluding carboxylic acids is 1. The van der Waals surface area contributed by atoms with Gasteiger partial charge in [0.15, 0.2) is 5.75 Å². The molecule has 0 aliphatic carbocycles. The Morgan fingerprint density at radius 1 is 0.923 bits per heavy atom. The highest BCUT2D eigenvalue weighted by Gasteiger charge is 2.18. The summed E-state index contributed by atoms with van der Waals surface area (Å²) >= 11 is 12.5. The molecule has 0 aliphatic rings. The molecule has 3 nitrogen and oxygen atoms in total. The van der Waals surface area contributed by atoms with Crippen molar-refractivity contribution in [2.45, 2.75) is 6.92 Å². The predicted octanol–water partition coefficient (Wildman–Crippen LogP) is 6.22. The summed E-state index contributed by atoms with van der Waals surface area (Å²) in [4.78, 5) is 17.1.